The van der Waals surface area contributed by atoms with Gasteiger partial charge in [0.05, 0.1) is 11.8 Å². The second-order valence-corrected chi connectivity index (χ2v) is 12.0. The van der Waals surface area contributed by atoms with Crippen molar-refractivity contribution >= 4 is 23.7 Å². The number of rotatable bonds is 6. The van der Waals surface area contributed by atoms with Crippen molar-refractivity contribution in [2.75, 3.05) is 0 Å². The molecule has 0 aliphatic heterocycles. The summed E-state index contributed by atoms with van der Waals surface area (Å²) in [6, 6.07) is 0. The predicted molar refractivity (Wildman–Crippen MR) is 119 cm³/mol. The number of hydrogen-bond donors (Lipinski definition) is 3. The van der Waals surface area contributed by atoms with E-state index in [1.54, 1.807) is 0 Å². The minimum atomic E-state index is -0.835. The highest BCUT2D eigenvalue weighted by molar-refractivity contribution is 5.84. The molecule has 0 radical (unpaired) electrons. The molecular formula is C26H38O7. The van der Waals surface area contributed by atoms with Crippen molar-refractivity contribution in [3.8, 4) is 0 Å². The molecule has 0 saturated heterocycles. The van der Waals surface area contributed by atoms with Gasteiger partial charge in [-0.05, 0) is 85.4 Å². The maximum Gasteiger partial charge on any atom is 0.307 e. The number of carbonyl (C=O) groups excluding carboxylic acids is 1. The molecule has 0 unspecified atom stereocenters. The van der Waals surface area contributed by atoms with E-state index in [0.29, 0.717) is 32.1 Å². The molecule has 184 valence electrons. The normalized spacial score (nSPS) is 45.4. The van der Waals surface area contributed by atoms with E-state index in [2.05, 4.69) is 13.8 Å². The van der Waals surface area contributed by atoms with Crippen molar-refractivity contribution in [2.24, 2.45) is 58.2 Å². The Kier molecular flexibility index (Phi) is 6.15. The summed E-state index contributed by atoms with van der Waals surface area (Å²) >= 11 is 0. The summed E-state index contributed by atoms with van der Waals surface area (Å²) < 4.78 is 0. The molecule has 4 aliphatic rings. The van der Waals surface area contributed by atoms with E-state index in [1.807, 2.05) is 6.92 Å². The first kappa shape index (κ1) is 24.2. The summed E-state index contributed by atoms with van der Waals surface area (Å²) in [4.78, 5) is 49.0. The highest BCUT2D eigenvalue weighted by atomic mass is 16.4. The molecule has 0 aromatic carbocycles. The number of hydrogen-bond acceptors (Lipinski definition) is 4. The molecule has 0 heterocycles. The fraction of sp³-hybridized carbons (Fsp3) is 0.846. The zero-order chi connectivity index (χ0) is 24.3. The minimum absolute atomic E-state index is 0.00268. The van der Waals surface area contributed by atoms with Crippen LogP contribution in [0.5, 0.6) is 0 Å². The molecule has 4 saturated carbocycles. The number of carboxylic acids is 3. The van der Waals surface area contributed by atoms with E-state index in [0.717, 1.165) is 19.3 Å². The van der Waals surface area contributed by atoms with Crippen LogP contribution < -0.4 is 0 Å². The molecule has 0 amide bonds. The van der Waals surface area contributed by atoms with Crippen molar-refractivity contribution in [3.05, 3.63) is 0 Å². The first-order chi connectivity index (χ1) is 15.4. The van der Waals surface area contributed by atoms with Gasteiger partial charge >= 0.3 is 17.9 Å². The van der Waals surface area contributed by atoms with Gasteiger partial charge in [-0.15, -0.1) is 0 Å². The van der Waals surface area contributed by atoms with Gasteiger partial charge in [0.2, 0.25) is 0 Å². The quantitative estimate of drug-likeness (QED) is 0.535. The van der Waals surface area contributed by atoms with Crippen LogP contribution in [0.1, 0.15) is 78.6 Å². The number of aliphatic carboxylic acids is 3. The lowest BCUT2D eigenvalue weighted by Gasteiger charge is -2.61. The molecule has 4 aliphatic carbocycles. The van der Waals surface area contributed by atoms with Crippen molar-refractivity contribution in [1.29, 1.82) is 0 Å². The summed E-state index contributed by atoms with van der Waals surface area (Å²) in [5.74, 6) is -3.22. The van der Waals surface area contributed by atoms with Crippen LogP contribution in [0.25, 0.3) is 0 Å². The summed E-state index contributed by atoms with van der Waals surface area (Å²) in [5.41, 5.74) is -0.728. The molecule has 4 fully saturated rings. The van der Waals surface area contributed by atoms with E-state index in [4.69, 9.17) is 5.11 Å². The van der Waals surface area contributed by atoms with Gasteiger partial charge in [-0.25, -0.2) is 0 Å². The molecule has 7 nitrogen and oxygen atoms in total. The third-order valence-electron chi connectivity index (χ3n) is 10.8. The van der Waals surface area contributed by atoms with E-state index >= 15 is 0 Å². The second-order valence-electron chi connectivity index (χ2n) is 12.0. The highest BCUT2D eigenvalue weighted by Crippen LogP contribution is 2.69. The van der Waals surface area contributed by atoms with Gasteiger partial charge in [0.15, 0.2) is 0 Å². The van der Waals surface area contributed by atoms with Gasteiger partial charge in [-0.2, -0.15) is 0 Å². The molecule has 0 aromatic rings. The van der Waals surface area contributed by atoms with E-state index in [-0.39, 0.29) is 53.1 Å². The second kappa shape index (κ2) is 8.38. The average molecular weight is 463 g/mol. The molecule has 4 rings (SSSR count). The van der Waals surface area contributed by atoms with Crippen LogP contribution in [0.2, 0.25) is 0 Å². The van der Waals surface area contributed by atoms with Crippen LogP contribution in [0.15, 0.2) is 0 Å². The number of carbonyl (C=O) groups is 4. The van der Waals surface area contributed by atoms with Crippen LogP contribution >= 0.6 is 0 Å². The molecule has 10 atom stereocenters. The van der Waals surface area contributed by atoms with E-state index in [9.17, 15) is 29.4 Å². The van der Waals surface area contributed by atoms with Gasteiger partial charge < -0.3 is 15.3 Å². The van der Waals surface area contributed by atoms with Crippen molar-refractivity contribution in [1.82, 2.24) is 0 Å². The third kappa shape index (κ3) is 3.70. The van der Waals surface area contributed by atoms with Crippen molar-refractivity contribution in [3.63, 3.8) is 0 Å². The molecule has 3 N–H and O–H groups in total. The number of carboxylic acid groups (broad SMARTS) is 3. The van der Waals surface area contributed by atoms with E-state index < -0.39 is 35.2 Å². The van der Waals surface area contributed by atoms with Gasteiger partial charge in [0.25, 0.3) is 0 Å². The first-order valence-electron chi connectivity index (χ1n) is 12.6. The largest absolute Gasteiger partial charge is 0.481 e. The molecular weight excluding hydrogens is 424 g/mol. The van der Waals surface area contributed by atoms with Crippen LogP contribution in [0, 0.1) is 58.2 Å². The average Bonchev–Trinajstić information content (AvgIpc) is 3.09. The van der Waals surface area contributed by atoms with Crippen LogP contribution in [-0.2, 0) is 19.2 Å². The Labute approximate surface area is 195 Å². The SMILES string of the molecule is C[C@@H](CCC(=O)O)[C@H]1CC[C@@H]2[C@@H]3C(=O)C[C@@H]4C[C@H](C(=O)O)CC[C@]4(C)[C@H]3C[C@H](C(=O)O)[C@@]21C. The van der Waals surface area contributed by atoms with Crippen LogP contribution in [0.4, 0.5) is 0 Å². The Morgan fingerprint density at radius 3 is 2.30 bits per heavy atom. The lowest BCUT2D eigenvalue weighted by Crippen LogP contribution is -2.61. The topological polar surface area (TPSA) is 129 Å². The number of Topliss-reactive ketones (excluding diaryl/α,β-unsaturated/α-hetero) is 1. The molecule has 0 spiro atoms. The number of ketones is 1. The zero-order valence-corrected chi connectivity index (χ0v) is 20.0. The lowest BCUT2D eigenvalue weighted by atomic mass is 9.41. The first-order valence-corrected chi connectivity index (χ1v) is 12.6. The lowest BCUT2D eigenvalue weighted by molar-refractivity contribution is -0.182. The standard InChI is InChI=1S/C26H38O7/c1-13(4-7-21(28)29)16-5-6-17-22-18(12-19(24(32)33)26(16,17)3)25(2)9-8-14(23(30)31)10-15(25)11-20(22)27/h13-19,22H,4-12H2,1-3H3,(H,28,29)(H,30,31)(H,32,33)/t13-,14+,15-,16+,17+,18-,19+,22-,25-,26+/m0/s1. The Morgan fingerprint density at radius 2 is 1.70 bits per heavy atom. The predicted octanol–water partition coefficient (Wildman–Crippen LogP) is 4.34. The molecule has 0 aromatic heterocycles. The zero-order valence-electron chi connectivity index (χ0n) is 20.0. The number of fused-ring (bicyclic) bond motifs is 5. The van der Waals surface area contributed by atoms with Crippen LogP contribution in [-0.4, -0.2) is 39.0 Å². The maximum atomic E-state index is 13.6. The van der Waals surface area contributed by atoms with Crippen molar-refractivity contribution < 1.29 is 34.5 Å². The fourth-order valence-electron chi connectivity index (χ4n) is 9.05. The molecule has 7 heteroatoms. The van der Waals surface area contributed by atoms with Crippen LogP contribution in [0.3, 0.4) is 0 Å². The van der Waals surface area contributed by atoms with Gasteiger partial charge in [-0.3, -0.25) is 19.2 Å². The Bertz CT molecular complexity index is 852. The summed E-state index contributed by atoms with van der Waals surface area (Å²) in [6.45, 7) is 6.29. The van der Waals surface area contributed by atoms with Gasteiger partial charge in [-0.1, -0.05) is 20.8 Å². The van der Waals surface area contributed by atoms with Gasteiger partial charge in [0.1, 0.15) is 5.78 Å². The fourth-order valence-corrected chi connectivity index (χ4v) is 9.05. The van der Waals surface area contributed by atoms with Gasteiger partial charge in [0, 0.05) is 18.8 Å². The van der Waals surface area contributed by atoms with Crippen molar-refractivity contribution in [2.45, 2.75) is 78.6 Å². The Morgan fingerprint density at radius 1 is 1.00 bits per heavy atom. The smallest absolute Gasteiger partial charge is 0.307 e. The maximum absolute atomic E-state index is 13.6. The summed E-state index contributed by atoms with van der Waals surface area (Å²) in [6.07, 6.45) is 4.95. The Balaban J connectivity index is 1.67. The molecule has 0 bridgehead atoms. The highest BCUT2D eigenvalue weighted by Gasteiger charge is 2.67. The monoisotopic (exact) mass is 462 g/mol. The Hall–Kier alpha value is -1.92. The minimum Gasteiger partial charge on any atom is -0.481 e. The third-order valence-corrected chi connectivity index (χ3v) is 10.8. The summed E-state index contributed by atoms with van der Waals surface area (Å²) in [5, 5.41) is 29.1. The molecule has 33 heavy (non-hydrogen) atoms. The van der Waals surface area contributed by atoms with E-state index in [1.165, 1.54) is 0 Å². The summed E-state index contributed by atoms with van der Waals surface area (Å²) in [7, 11) is 0.